The first-order valence-corrected chi connectivity index (χ1v) is 6.89. The van der Waals surface area contributed by atoms with Gasteiger partial charge in [-0.15, -0.1) is 11.3 Å². The van der Waals surface area contributed by atoms with Crippen LogP contribution in [0.3, 0.4) is 0 Å². The summed E-state index contributed by atoms with van der Waals surface area (Å²) < 4.78 is 0. The third-order valence-corrected chi connectivity index (χ3v) is 4.13. The van der Waals surface area contributed by atoms with E-state index >= 15 is 0 Å². The van der Waals surface area contributed by atoms with Gasteiger partial charge in [-0.2, -0.15) is 0 Å². The summed E-state index contributed by atoms with van der Waals surface area (Å²) >= 11 is 1.74. The van der Waals surface area contributed by atoms with Crippen LogP contribution in [-0.4, -0.2) is 5.91 Å². The van der Waals surface area contributed by atoms with E-state index in [-0.39, 0.29) is 5.91 Å². The Labute approximate surface area is 112 Å². The zero-order valence-electron chi connectivity index (χ0n) is 10.7. The van der Waals surface area contributed by atoms with Crippen LogP contribution in [0.1, 0.15) is 21.6 Å². The van der Waals surface area contributed by atoms with Crippen LogP contribution in [0, 0.1) is 13.8 Å². The van der Waals surface area contributed by atoms with Crippen molar-refractivity contribution in [2.45, 2.75) is 26.8 Å². The summed E-state index contributed by atoms with van der Waals surface area (Å²) in [6.45, 7) is 4.83. The molecule has 0 saturated carbocycles. The molecule has 2 aromatic rings. The van der Waals surface area contributed by atoms with Crippen LogP contribution >= 0.6 is 11.3 Å². The lowest BCUT2D eigenvalue weighted by Gasteiger charge is -2.05. The van der Waals surface area contributed by atoms with Crippen LogP contribution in [0.4, 0.5) is 0 Å². The van der Waals surface area contributed by atoms with Gasteiger partial charge in [-0.05, 0) is 35.9 Å². The average molecular weight is 259 g/mol. The third-order valence-electron chi connectivity index (χ3n) is 3.07. The molecule has 0 saturated heterocycles. The summed E-state index contributed by atoms with van der Waals surface area (Å²) in [4.78, 5) is 13.1. The number of nitrogens with one attached hydrogen (secondary N) is 1. The standard InChI is InChI=1S/C15H17NOS/c1-11-12(2)18-10-14(11)9-16-15(17)8-13-6-4-3-5-7-13/h3-7,10H,8-9H2,1-2H3,(H,16,17). The van der Waals surface area contributed by atoms with Crippen LogP contribution in [0.15, 0.2) is 35.7 Å². The van der Waals surface area contributed by atoms with E-state index in [0.717, 1.165) is 5.56 Å². The van der Waals surface area contributed by atoms with Crippen molar-refractivity contribution in [3.63, 3.8) is 0 Å². The lowest BCUT2D eigenvalue weighted by Crippen LogP contribution is -2.24. The summed E-state index contributed by atoms with van der Waals surface area (Å²) in [6.07, 6.45) is 0.447. The van der Waals surface area contributed by atoms with Gasteiger partial charge in [0.05, 0.1) is 6.42 Å². The quantitative estimate of drug-likeness (QED) is 0.897. The zero-order chi connectivity index (χ0) is 13.0. The number of aryl methyl sites for hydroxylation is 1. The number of carbonyl (C=O) groups excluding carboxylic acids is 1. The van der Waals surface area contributed by atoms with Crippen molar-refractivity contribution >= 4 is 17.2 Å². The van der Waals surface area contributed by atoms with Crippen molar-refractivity contribution < 1.29 is 4.79 Å². The highest BCUT2D eigenvalue weighted by Crippen LogP contribution is 2.20. The molecule has 1 aromatic heterocycles. The second-order valence-electron chi connectivity index (χ2n) is 4.38. The number of thiophene rings is 1. The van der Waals surface area contributed by atoms with Gasteiger partial charge in [-0.1, -0.05) is 30.3 Å². The molecule has 0 spiro atoms. The van der Waals surface area contributed by atoms with Gasteiger partial charge in [0.15, 0.2) is 0 Å². The molecule has 2 rings (SSSR count). The Morgan fingerprint density at radius 3 is 2.56 bits per heavy atom. The molecule has 1 N–H and O–H groups in total. The van der Waals surface area contributed by atoms with Crippen molar-refractivity contribution in [1.82, 2.24) is 5.32 Å². The molecular formula is C15H17NOS. The fourth-order valence-electron chi connectivity index (χ4n) is 1.77. The molecule has 0 aliphatic carbocycles. The molecule has 0 aliphatic rings. The maximum Gasteiger partial charge on any atom is 0.224 e. The Balaban J connectivity index is 1.87. The van der Waals surface area contributed by atoms with Gasteiger partial charge in [0.1, 0.15) is 0 Å². The Hall–Kier alpha value is -1.61. The summed E-state index contributed by atoms with van der Waals surface area (Å²) in [5.74, 6) is 0.0736. The molecule has 0 radical (unpaired) electrons. The molecule has 2 nitrogen and oxygen atoms in total. The minimum atomic E-state index is 0.0736. The van der Waals surface area contributed by atoms with Crippen molar-refractivity contribution in [3.05, 3.63) is 57.3 Å². The van der Waals surface area contributed by atoms with E-state index in [1.807, 2.05) is 30.3 Å². The summed E-state index contributed by atoms with van der Waals surface area (Å²) in [5, 5.41) is 5.09. The highest BCUT2D eigenvalue weighted by Gasteiger charge is 2.06. The molecule has 1 heterocycles. The van der Waals surface area contributed by atoms with Crippen molar-refractivity contribution in [2.24, 2.45) is 0 Å². The largest absolute Gasteiger partial charge is 0.352 e. The smallest absolute Gasteiger partial charge is 0.224 e. The molecule has 1 amide bonds. The van der Waals surface area contributed by atoms with Crippen LogP contribution < -0.4 is 5.32 Å². The molecule has 3 heteroatoms. The van der Waals surface area contributed by atoms with E-state index in [0.29, 0.717) is 13.0 Å². The Morgan fingerprint density at radius 2 is 1.94 bits per heavy atom. The van der Waals surface area contributed by atoms with Crippen LogP contribution in [0.2, 0.25) is 0 Å². The summed E-state index contributed by atoms with van der Waals surface area (Å²) in [7, 11) is 0. The van der Waals surface area contributed by atoms with Crippen molar-refractivity contribution in [2.75, 3.05) is 0 Å². The Morgan fingerprint density at radius 1 is 1.22 bits per heavy atom. The van der Waals surface area contributed by atoms with Crippen LogP contribution in [0.25, 0.3) is 0 Å². The number of rotatable bonds is 4. The van der Waals surface area contributed by atoms with E-state index < -0.39 is 0 Å². The Bertz CT molecular complexity index is 531. The first-order chi connectivity index (χ1) is 8.66. The fourth-order valence-corrected chi connectivity index (χ4v) is 2.66. The fraction of sp³-hybridized carbons (Fsp3) is 0.267. The van der Waals surface area contributed by atoms with Crippen molar-refractivity contribution in [3.8, 4) is 0 Å². The van der Waals surface area contributed by atoms with E-state index in [2.05, 4.69) is 24.5 Å². The molecule has 18 heavy (non-hydrogen) atoms. The van der Waals surface area contributed by atoms with E-state index in [1.54, 1.807) is 11.3 Å². The molecular weight excluding hydrogens is 242 g/mol. The molecule has 0 unspecified atom stereocenters. The van der Waals surface area contributed by atoms with Gasteiger partial charge in [-0.3, -0.25) is 4.79 Å². The van der Waals surface area contributed by atoms with Gasteiger partial charge >= 0.3 is 0 Å². The molecule has 0 bridgehead atoms. The van der Waals surface area contributed by atoms with Gasteiger partial charge < -0.3 is 5.32 Å². The van der Waals surface area contributed by atoms with E-state index in [4.69, 9.17) is 0 Å². The van der Waals surface area contributed by atoms with Gasteiger partial charge in [0.2, 0.25) is 5.91 Å². The molecule has 0 aliphatic heterocycles. The van der Waals surface area contributed by atoms with Crippen LogP contribution in [-0.2, 0) is 17.8 Å². The first-order valence-electron chi connectivity index (χ1n) is 6.01. The van der Waals surface area contributed by atoms with Crippen molar-refractivity contribution in [1.29, 1.82) is 0 Å². The molecule has 0 fully saturated rings. The second-order valence-corrected chi connectivity index (χ2v) is 5.47. The maximum absolute atomic E-state index is 11.8. The second kappa shape index (κ2) is 5.83. The van der Waals surface area contributed by atoms with Crippen LogP contribution in [0.5, 0.6) is 0 Å². The highest BCUT2D eigenvalue weighted by atomic mass is 32.1. The monoisotopic (exact) mass is 259 g/mol. The van der Waals surface area contributed by atoms with E-state index in [1.165, 1.54) is 16.0 Å². The Kier molecular flexibility index (Phi) is 4.15. The predicted molar refractivity (Wildman–Crippen MR) is 75.8 cm³/mol. The van der Waals surface area contributed by atoms with E-state index in [9.17, 15) is 4.79 Å². The normalized spacial score (nSPS) is 10.3. The van der Waals surface area contributed by atoms with Gasteiger partial charge in [0, 0.05) is 11.4 Å². The SMILES string of the molecule is Cc1scc(CNC(=O)Cc2ccccc2)c1C. The number of benzene rings is 1. The third kappa shape index (κ3) is 3.20. The lowest BCUT2D eigenvalue weighted by molar-refractivity contribution is -0.120. The minimum Gasteiger partial charge on any atom is -0.352 e. The lowest BCUT2D eigenvalue weighted by atomic mass is 10.1. The summed E-state index contributed by atoms with van der Waals surface area (Å²) in [5.41, 5.74) is 3.56. The molecule has 94 valence electrons. The minimum absolute atomic E-state index is 0.0736. The topological polar surface area (TPSA) is 29.1 Å². The molecule has 0 atom stereocenters. The number of hydrogen-bond acceptors (Lipinski definition) is 2. The highest BCUT2D eigenvalue weighted by molar-refractivity contribution is 7.10. The van der Waals surface area contributed by atoms with Gasteiger partial charge in [-0.25, -0.2) is 0 Å². The number of carbonyl (C=O) groups is 1. The maximum atomic E-state index is 11.8. The first kappa shape index (κ1) is 12.8. The zero-order valence-corrected chi connectivity index (χ0v) is 11.5. The molecule has 1 aromatic carbocycles. The average Bonchev–Trinajstić information content (AvgIpc) is 2.69. The number of amides is 1. The summed E-state index contributed by atoms with van der Waals surface area (Å²) in [6, 6.07) is 9.81. The van der Waals surface area contributed by atoms with Gasteiger partial charge in [0.25, 0.3) is 0 Å². The predicted octanol–water partition coefficient (Wildman–Crippen LogP) is 3.22. The number of hydrogen-bond donors (Lipinski definition) is 1.